The fourth-order valence-corrected chi connectivity index (χ4v) is 2.16. The maximum Gasteiger partial charge on any atom is 0.341 e. The van der Waals surface area contributed by atoms with Gasteiger partial charge in [-0.25, -0.2) is 18.6 Å². The van der Waals surface area contributed by atoms with E-state index in [2.05, 4.69) is 4.98 Å². The van der Waals surface area contributed by atoms with Gasteiger partial charge >= 0.3 is 5.97 Å². The second-order valence-electron chi connectivity index (χ2n) is 3.02. The van der Waals surface area contributed by atoms with E-state index in [1.54, 1.807) is 29.5 Å². The molecule has 3 nitrogen and oxygen atoms in total. The Balaban J connectivity index is 3.38. The molecule has 0 bridgehead atoms. The zero-order chi connectivity index (χ0) is 13.0. The predicted molar refractivity (Wildman–Crippen MR) is 67.4 cm³/mol. The van der Waals surface area contributed by atoms with E-state index in [4.69, 9.17) is 16.3 Å². The number of pyridine rings is 1. The summed E-state index contributed by atoms with van der Waals surface area (Å²) in [6.07, 6.45) is -1.54. The van der Waals surface area contributed by atoms with Gasteiger partial charge < -0.3 is 4.74 Å². The molecule has 0 saturated heterocycles. The van der Waals surface area contributed by atoms with Crippen LogP contribution in [0.5, 0.6) is 0 Å². The summed E-state index contributed by atoms with van der Waals surface area (Å²) in [5.41, 5.74) is -0.441. The van der Waals surface area contributed by atoms with Gasteiger partial charge in [-0.2, -0.15) is 0 Å². The molecule has 0 N–H and O–H groups in total. The van der Waals surface area contributed by atoms with Gasteiger partial charge in [0.15, 0.2) is 0 Å². The van der Waals surface area contributed by atoms with Crippen molar-refractivity contribution in [2.75, 3.05) is 6.61 Å². The second-order valence-corrected chi connectivity index (χ2v) is 4.31. The molecule has 0 amide bonds. The van der Waals surface area contributed by atoms with Gasteiger partial charge in [0.1, 0.15) is 9.26 Å². The molecule has 0 aromatic carbocycles. The predicted octanol–water partition coefficient (Wildman–Crippen LogP) is 3.54. The first-order valence-corrected chi connectivity index (χ1v) is 6.32. The van der Waals surface area contributed by atoms with Gasteiger partial charge in [-0.15, -0.1) is 11.6 Å². The summed E-state index contributed by atoms with van der Waals surface area (Å²) in [6.45, 7) is 1.72. The van der Waals surface area contributed by atoms with Crippen LogP contribution in [0.4, 0.5) is 8.78 Å². The lowest BCUT2D eigenvalue weighted by atomic mass is 10.1. The summed E-state index contributed by atoms with van der Waals surface area (Å²) in [5.74, 6) is -0.928. The van der Waals surface area contributed by atoms with E-state index in [1.165, 1.54) is 6.20 Å². The third-order valence-corrected chi connectivity index (χ3v) is 3.10. The molecule has 0 atom stereocenters. The van der Waals surface area contributed by atoms with Crippen molar-refractivity contribution in [1.29, 1.82) is 0 Å². The Hall–Kier alpha value is -0.500. The minimum atomic E-state index is -2.79. The lowest BCUT2D eigenvalue weighted by molar-refractivity contribution is 0.0513. The topological polar surface area (TPSA) is 39.2 Å². The number of nitrogens with zero attached hydrogens (tertiary/aromatic N) is 1. The van der Waals surface area contributed by atoms with Crippen molar-refractivity contribution in [2.45, 2.75) is 19.2 Å². The summed E-state index contributed by atoms with van der Waals surface area (Å²) in [6, 6.07) is 0. The van der Waals surface area contributed by atoms with Crippen LogP contribution in [0.3, 0.4) is 0 Å². The Morgan fingerprint density at radius 1 is 1.65 bits per heavy atom. The highest BCUT2D eigenvalue weighted by Gasteiger charge is 2.26. The smallest absolute Gasteiger partial charge is 0.341 e. The molecule has 17 heavy (non-hydrogen) atoms. The van der Waals surface area contributed by atoms with Crippen LogP contribution < -0.4 is 0 Å². The maximum absolute atomic E-state index is 13.0. The van der Waals surface area contributed by atoms with Crippen molar-refractivity contribution in [3.8, 4) is 0 Å². The van der Waals surface area contributed by atoms with E-state index in [9.17, 15) is 13.6 Å². The lowest BCUT2D eigenvalue weighted by Gasteiger charge is -2.12. The van der Waals surface area contributed by atoms with Gasteiger partial charge in [0.2, 0.25) is 0 Å². The zero-order valence-electron chi connectivity index (χ0n) is 8.84. The summed E-state index contributed by atoms with van der Waals surface area (Å²) < 4.78 is 30.8. The van der Waals surface area contributed by atoms with Crippen LogP contribution in [-0.2, 0) is 10.6 Å². The number of rotatable bonds is 4. The number of ether oxygens (including phenoxy) is 1. The Bertz CT molecular complexity index is 429. The highest BCUT2D eigenvalue weighted by molar-refractivity contribution is 14.1. The minimum Gasteiger partial charge on any atom is -0.462 e. The van der Waals surface area contributed by atoms with Crippen LogP contribution >= 0.6 is 34.2 Å². The minimum absolute atomic E-state index is 0.114. The third-order valence-electron chi connectivity index (χ3n) is 2.00. The normalized spacial score (nSPS) is 10.7. The van der Waals surface area contributed by atoms with Crippen molar-refractivity contribution in [3.05, 3.63) is 26.6 Å². The number of halogens is 4. The second kappa shape index (κ2) is 6.44. The molecule has 1 aromatic rings. The van der Waals surface area contributed by atoms with Gasteiger partial charge in [-0.3, -0.25) is 0 Å². The number of alkyl halides is 3. The summed E-state index contributed by atoms with van der Waals surface area (Å²) in [4.78, 5) is 15.5. The third kappa shape index (κ3) is 3.25. The molecule has 1 aromatic heterocycles. The van der Waals surface area contributed by atoms with Crippen LogP contribution in [-0.4, -0.2) is 17.6 Å². The van der Waals surface area contributed by atoms with E-state index in [1.807, 2.05) is 0 Å². The number of carbonyl (C=O) groups excluding carboxylic acids is 1. The average Bonchev–Trinajstić information content (AvgIpc) is 2.28. The molecule has 0 spiro atoms. The molecule has 0 radical (unpaired) electrons. The Kier molecular flexibility index (Phi) is 5.51. The number of carbonyl (C=O) groups is 1. The SMILES string of the molecule is CCOC(=O)c1c(I)ncc(CCl)c1C(F)F. The zero-order valence-corrected chi connectivity index (χ0v) is 11.8. The van der Waals surface area contributed by atoms with Crippen LogP contribution in [0.15, 0.2) is 6.20 Å². The van der Waals surface area contributed by atoms with E-state index < -0.39 is 18.0 Å². The standard InChI is InChI=1S/C10H9ClF2INO2/c1-2-17-10(16)7-6(8(12)13)5(3-11)4-15-9(7)14/h4,8H,2-3H2,1H3. The maximum atomic E-state index is 13.0. The van der Waals surface area contributed by atoms with E-state index >= 15 is 0 Å². The van der Waals surface area contributed by atoms with Crippen molar-refractivity contribution in [1.82, 2.24) is 4.98 Å². The van der Waals surface area contributed by atoms with Crippen molar-refractivity contribution in [2.24, 2.45) is 0 Å². The van der Waals surface area contributed by atoms with Crippen LogP contribution in [0, 0.1) is 3.70 Å². The van der Waals surface area contributed by atoms with Gasteiger partial charge in [0.25, 0.3) is 6.43 Å². The van der Waals surface area contributed by atoms with Gasteiger partial charge in [-0.1, -0.05) is 0 Å². The van der Waals surface area contributed by atoms with E-state index in [0.717, 1.165) is 0 Å². The molecule has 0 aliphatic carbocycles. The van der Waals surface area contributed by atoms with Crippen molar-refractivity contribution in [3.63, 3.8) is 0 Å². The quantitative estimate of drug-likeness (QED) is 0.350. The monoisotopic (exact) mass is 375 g/mol. The van der Waals surface area contributed by atoms with Crippen molar-refractivity contribution >= 4 is 40.2 Å². The number of esters is 1. The summed E-state index contributed by atoms with van der Waals surface area (Å²) in [5, 5.41) is 0. The molecule has 0 aliphatic rings. The molecule has 1 heterocycles. The average molecular weight is 376 g/mol. The van der Waals surface area contributed by atoms with Crippen molar-refractivity contribution < 1.29 is 18.3 Å². The Labute approximate surface area is 116 Å². The molecule has 7 heteroatoms. The molecule has 0 aliphatic heterocycles. The first-order chi connectivity index (χ1) is 8.02. The molecular weight excluding hydrogens is 366 g/mol. The first-order valence-electron chi connectivity index (χ1n) is 4.71. The molecule has 0 fully saturated rings. The first kappa shape index (κ1) is 14.6. The van der Waals surface area contributed by atoms with Crippen LogP contribution in [0.1, 0.15) is 34.8 Å². The lowest BCUT2D eigenvalue weighted by Crippen LogP contribution is -2.14. The van der Waals surface area contributed by atoms with Gasteiger partial charge in [0.05, 0.1) is 6.61 Å². The molecular formula is C10H9ClF2INO2. The fraction of sp³-hybridized carbons (Fsp3) is 0.400. The molecule has 0 unspecified atom stereocenters. The van der Waals surface area contributed by atoms with Crippen LogP contribution in [0.25, 0.3) is 0 Å². The summed E-state index contributed by atoms with van der Waals surface area (Å²) in [7, 11) is 0. The molecule has 0 saturated carbocycles. The van der Waals surface area contributed by atoms with Gasteiger partial charge in [-0.05, 0) is 35.1 Å². The number of hydrogen-bond acceptors (Lipinski definition) is 3. The highest BCUT2D eigenvalue weighted by atomic mass is 127. The van der Waals surface area contributed by atoms with Crippen LogP contribution in [0.2, 0.25) is 0 Å². The van der Waals surface area contributed by atoms with Gasteiger partial charge in [0, 0.05) is 17.6 Å². The highest BCUT2D eigenvalue weighted by Crippen LogP contribution is 2.30. The fourth-order valence-electron chi connectivity index (χ4n) is 1.29. The summed E-state index contributed by atoms with van der Waals surface area (Å²) >= 11 is 7.27. The molecule has 94 valence electrons. The molecule has 1 rings (SSSR count). The Morgan fingerprint density at radius 2 is 2.29 bits per heavy atom. The number of aromatic nitrogens is 1. The van der Waals surface area contributed by atoms with E-state index in [0.29, 0.717) is 0 Å². The van der Waals surface area contributed by atoms with E-state index in [-0.39, 0.29) is 27.3 Å². The largest absolute Gasteiger partial charge is 0.462 e. The number of hydrogen-bond donors (Lipinski definition) is 0. The Morgan fingerprint density at radius 3 is 2.76 bits per heavy atom.